The summed E-state index contributed by atoms with van der Waals surface area (Å²) in [5.74, 6) is -1.50. The minimum atomic E-state index is -0.875. The van der Waals surface area contributed by atoms with E-state index in [1.165, 1.54) is 0 Å². The number of carboxylic acid groups (broad SMARTS) is 1. The van der Waals surface area contributed by atoms with Crippen LogP contribution < -0.4 is 5.32 Å². The molecular formula is C14H14N2O4. The van der Waals surface area contributed by atoms with Crippen molar-refractivity contribution >= 4 is 17.8 Å². The normalized spacial score (nSPS) is 19.1. The number of hydrogen-bond donors (Lipinski definition) is 2. The summed E-state index contributed by atoms with van der Waals surface area (Å²) < 4.78 is 0. The van der Waals surface area contributed by atoms with Crippen LogP contribution in [-0.4, -0.2) is 46.4 Å². The number of imide groups is 1. The second kappa shape index (κ2) is 4.42. The molecule has 6 heteroatoms. The van der Waals surface area contributed by atoms with Crippen LogP contribution in [0.2, 0.25) is 0 Å². The highest BCUT2D eigenvalue weighted by Gasteiger charge is 2.50. The van der Waals surface area contributed by atoms with Gasteiger partial charge in [0.2, 0.25) is 0 Å². The Labute approximate surface area is 115 Å². The van der Waals surface area contributed by atoms with Crippen molar-refractivity contribution in [2.75, 3.05) is 13.1 Å². The quantitative estimate of drug-likeness (QED) is 0.763. The molecule has 0 radical (unpaired) electrons. The van der Waals surface area contributed by atoms with Crippen molar-refractivity contribution in [1.29, 1.82) is 0 Å². The van der Waals surface area contributed by atoms with E-state index >= 15 is 0 Å². The van der Waals surface area contributed by atoms with Gasteiger partial charge in [0.1, 0.15) is 5.54 Å². The van der Waals surface area contributed by atoms with Crippen LogP contribution in [-0.2, 0) is 4.79 Å². The van der Waals surface area contributed by atoms with Gasteiger partial charge in [-0.25, -0.2) is 0 Å². The van der Waals surface area contributed by atoms with Gasteiger partial charge in [-0.1, -0.05) is 12.1 Å². The number of amides is 2. The zero-order chi connectivity index (χ0) is 14.3. The van der Waals surface area contributed by atoms with Crippen LogP contribution in [0.25, 0.3) is 0 Å². The molecule has 0 spiro atoms. The van der Waals surface area contributed by atoms with Crippen LogP contribution >= 0.6 is 0 Å². The van der Waals surface area contributed by atoms with Crippen LogP contribution in [0.1, 0.15) is 33.6 Å². The number of carboxylic acids is 1. The molecule has 2 aliphatic rings. The van der Waals surface area contributed by atoms with Gasteiger partial charge in [0, 0.05) is 13.1 Å². The number of hydrogen-bond acceptors (Lipinski definition) is 4. The summed E-state index contributed by atoms with van der Waals surface area (Å²) in [7, 11) is 0. The van der Waals surface area contributed by atoms with Crippen molar-refractivity contribution in [2.45, 2.75) is 18.4 Å². The van der Waals surface area contributed by atoms with Crippen LogP contribution in [0.5, 0.6) is 0 Å². The highest BCUT2D eigenvalue weighted by atomic mass is 16.4. The molecule has 1 saturated carbocycles. The van der Waals surface area contributed by atoms with Gasteiger partial charge in [-0.05, 0) is 25.0 Å². The summed E-state index contributed by atoms with van der Waals surface area (Å²) in [5, 5.41) is 12.0. The van der Waals surface area contributed by atoms with E-state index in [1.807, 2.05) is 0 Å². The third-order valence-electron chi connectivity index (χ3n) is 3.84. The molecule has 0 bridgehead atoms. The fraction of sp³-hybridized carbons (Fsp3) is 0.357. The lowest BCUT2D eigenvalue weighted by molar-refractivity contribution is -0.140. The third kappa shape index (κ3) is 1.89. The average molecular weight is 274 g/mol. The van der Waals surface area contributed by atoms with E-state index in [0.717, 1.165) is 4.90 Å². The largest absolute Gasteiger partial charge is 0.480 e. The van der Waals surface area contributed by atoms with E-state index in [1.54, 1.807) is 24.3 Å². The Kier molecular flexibility index (Phi) is 2.83. The lowest BCUT2D eigenvalue weighted by Gasteiger charge is -2.17. The Bertz CT molecular complexity index is 572. The number of nitrogens with one attached hydrogen (secondary N) is 1. The molecule has 2 amide bonds. The standard InChI is InChI=1S/C14H14N2O4/c17-11-9-3-1-2-4-10(9)12(18)16(11)8-7-15-14(5-6-14)13(19)20/h1-4,15H,5-8H2,(H,19,20). The number of nitrogens with zero attached hydrogens (tertiary/aromatic N) is 1. The van der Waals surface area contributed by atoms with Gasteiger partial charge in [0.25, 0.3) is 11.8 Å². The molecule has 0 saturated heterocycles. The first kappa shape index (κ1) is 12.8. The van der Waals surface area contributed by atoms with Gasteiger partial charge < -0.3 is 10.4 Å². The molecule has 1 aromatic carbocycles. The van der Waals surface area contributed by atoms with E-state index in [9.17, 15) is 14.4 Å². The fourth-order valence-corrected chi connectivity index (χ4v) is 2.44. The van der Waals surface area contributed by atoms with E-state index < -0.39 is 11.5 Å². The molecule has 2 N–H and O–H groups in total. The van der Waals surface area contributed by atoms with Crippen LogP contribution in [0.3, 0.4) is 0 Å². The molecule has 104 valence electrons. The Morgan fingerprint density at radius 2 is 1.75 bits per heavy atom. The molecule has 1 aromatic rings. The van der Waals surface area contributed by atoms with Crippen LogP contribution in [0.4, 0.5) is 0 Å². The Balaban J connectivity index is 1.64. The fourth-order valence-electron chi connectivity index (χ4n) is 2.44. The first-order chi connectivity index (χ1) is 9.55. The van der Waals surface area contributed by atoms with Gasteiger partial charge >= 0.3 is 5.97 Å². The van der Waals surface area contributed by atoms with Gasteiger partial charge in [-0.2, -0.15) is 0 Å². The number of carbonyl (C=O) groups is 3. The number of fused-ring (bicyclic) bond motifs is 1. The van der Waals surface area contributed by atoms with Crippen LogP contribution in [0, 0.1) is 0 Å². The van der Waals surface area contributed by atoms with Crippen molar-refractivity contribution < 1.29 is 19.5 Å². The number of carbonyl (C=O) groups excluding carboxylic acids is 2. The smallest absolute Gasteiger partial charge is 0.323 e. The molecule has 0 atom stereocenters. The molecule has 6 nitrogen and oxygen atoms in total. The minimum Gasteiger partial charge on any atom is -0.480 e. The lowest BCUT2D eigenvalue weighted by Crippen LogP contribution is -2.44. The minimum absolute atomic E-state index is 0.182. The van der Waals surface area contributed by atoms with Gasteiger partial charge in [-0.15, -0.1) is 0 Å². The predicted molar refractivity (Wildman–Crippen MR) is 69.4 cm³/mol. The summed E-state index contributed by atoms with van der Waals surface area (Å²) in [6.07, 6.45) is 1.18. The van der Waals surface area contributed by atoms with Crippen molar-refractivity contribution in [3.8, 4) is 0 Å². The number of benzene rings is 1. The van der Waals surface area contributed by atoms with E-state index in [-0.39, 0.29) is 24.9 Å². The second-order valence-electron chi connectivity index (χ2n) is 5.12. The van der Waals surface area contributed by atoms with Gasteiger partial charge in [-0.3, -0.25) is 19.3 Å². The summed E-state index contributed by atoms with van der Waals surface area (Å²) in [6, 6.07) is 6.69. The maximum Gasteiger partial charge on any atom is 0.323 e. The molecule has 0 unspecified atom stereocenters. The average Bonchev–Trinajstić information content (AvgIpc) is 3.19. The topological polar surface area (TPSA) is 86.7 Å². The second-order valence-corrected chi connectivity index (χ2v) is 5.12. The first-order valence-electron chi connectivity index (χ1n) is 6.49. The summed E-state index contributed by atoms with van der Waals surface area (Å²) >= 11 is 0. The van der Waals surface area contributed by atoms with Crippen molar-refractivity contribution in [3.63, 3.8) is 0 Å². The lowest BCUT2D eigenvalue weighted by atomic mass is 10.1. The Hall–Kier alpha value is -2.21. The molecular weight excluding hydrogens is 260 g/mol. The van der Waals surface area contributed by atoms with Crippen molar-refractivity contribution in [1.82, 2.24) is 10.2 Å². The summed E-state index contributed by atoms with van der Waals surface area (Å²) in [5.41, 5.74) is -0.0210. The highest BCUT2D eigenvalue weighted by molar-refractivity contribution is 6.21. The highest BCUT2D eigenvalue weighted by Crippen LogP contribution is 2.35. The summed E-state index contributed by atoms with van der Waals surface area (Å²) in [6.45, 7) is 0.471. The molecule has 20 heavy (non-hydrogen) atoms. The molecule has 0 aromatic heterocycles. The Morgan fingerprint density at radius 1 is 1.20 bits per heavy atom. The SMILES string of the molecule is O=C1c2ccccc2C(=O)N1CCNC1(C(=O)O)CC1. The van der Waals surface area contributed by atoms with Crippen molar-refractivity contribution in [3.05, 3.63) is 35.4 Å². The predicted octanol–water partition coefficient (Wildman–Crippen LogP) is 0.489. The van der Waals surface area contributed by atoms with Gasteiger partial charge in [0.15, 0.2) is 0 Å². The zero-order valence-corrected chi connectivity index (χ0v) is 10.8. The zero-order valence-electron chi connectivity index (χ0n) is 10.8. The van der Waals surface area contributed by atoms with E-state index in [0.29, 0.717) is 24.0 Å². The monoisotopic (exact) mass is 274 g/mol. The molecule has 1 aliphatic carbocycles. The number of rotatable bonds is 5. The maximum atomic E-state index is 12.1. The molecule has 1 heterocycles. The maximum absolute atomic E-state index is 12.1. The third-order valence-corrected chi connectivity index (χ3v) is 3.84. The van der Waals surface area contributed by atoms with E-state index in [4.69, 9.17) is 5.11 Å². The van der Waals surface area contributed by atoms with E-state index in [2.05, 4.69) is 5.32 Å². The first-order valence-corrected chi connectivity index (χ1v) is 6.49. The summed E-state index contributed by atoms with van der Waals surface area (Å²) in [4.78, 5) is 36.3. The Morgan fingerprint density at radius 3 is 2.20 bits per heavy atom. The molecule has 1 fully saturated rings. The van der Waals surface area contributed by atoms with Crippen LogP contribution in [0.15, 0.2) is 24.3 Å². The van der Waals surface area contributed by atoms with Crippen molar-refractivity contribution in [2.24, 2.45) is 0 Å². The number of aliphatic carboxylic acids is 1. The molecule has 3 rings (SSSR count). The van der Waals surface area contributed by atoms with Gasteiger partial charge in [0.05, 0.1) is 11.1 Å². The molecule has 1 aliphatic heterocycles.